The van der Waals surface area contributed by atoms with Gasteiger partial charge in [-0.2, -0.15) is 0 Å². The zero-order valence-electron chi connectivity index (χ0n) is 24.5. The average molecular weight is 583 g/mol. The molecular weight excluding hydrogens is 543 g/mol. The number of hydrogen-bond acceptors (Lipinski definition) is 6. The van der Waals surface area contributed by atoms with Crippen molar-refractivity contribution in [3.05, 3.63) is 72.0 Å². The molecule has 0 radical (unpaired) electrons. The van der Waals surface area contributed by atoms with Crippen LogP contribution in [0.1, 0.15) is 44.1 Å². The third-order valence-electron chi connectivity index (χ3n) is 8.41. The van der Waals surface area contributed by atoms with Crippen LogP contribution in [0.3, 0.4) is 0 Å². The van der Waals surface area contributed by atoms with E-state index >= 15 is 0 Å². The number of hydrogen-bond donors (Lipinski definition) is 3. The molecule has 2 amide bonds. The van der Waals surface area contributed by atoms with E-state index in [2.05, 4.69) is 25.8 Å². The molecule has 3 N–H and O–H groups in total. The Kier molecular flexibility index (Phi) is 9.10. The minimum atomic E-state index is -0.279. The lowest BCUT2D eigenvalue weighted by Crippen LogP contribution is -2.25. The van der Waals surface area contributed by atoms with Gasteiger partial charge in [-0.1, -0.05) is 12.1 Å². The molecule has 4 aromatic rings. The number of nitrogens with zero attached hydrogens (tertiary/aromatic N) is 3. The Balaban J connectivity index is 1.25. The first-order valence-electron chi connectivity index (χ1n) is 15.4. The zero-order chi connectivity index (χ0) is 29.6. The summed E-state index contributed by atoms with van der Waals surface area (Å²) < 4.78 is 13.9. The van der Waals surface area contributed by atoms with E-state index in [1.165, 1.54) is 37.8 Å². The second kappa shape index (κ2) is 13.5. The van der Waals surface area contributed by atoms with E-state index in [4.69, 9.17) is 4.98 Å². The molecule has 2 fully saturated rings. The number of fused-ring (bicyclic) bond motifs is 2. The highest BCUT2D eigenvalue weighted by molar-refractivity contribution is 6.09. The lowest BCUT2D eigenvalue weighted by Gasteiger charge is -2.16. The molecule has 1 aromatic heterocycles. The topological polar surface area (TPSA) is 89.6 Å². The van der Waals surface area contributed by atoms with Crippen LogP contribution < -0.4 is 16.0 Å². The molecule has 9 heteroatoms. The molecule has 0 aliphatic carbocycles. The Bertz CT molecular complexity index is 1520. The highest BCUT2D eigenvalue weighted by atomic mass is 19.1. The highest BCUT2D eigenvalue weighted by Crippen LogP contribution is 2.34. The zero-order valence-corrected chi connectivity index (χ0v) is 24.5. The van der Waals surface area contributed by atoms with Crippen LogP contribution in [-0.2, 0) is 16.1 Å². The van der Waals surface area contributed by atoms with Crippen LogP contribution in [0, 0.1) is 5.82 Å². The SMILES string of the molecule is O=C(CCN1CCCC1)Nc1ccc2c(NCc3cccc(F)c3)c3ccc(NC(=O)CCN4CCCC4)cc3nc2c1. The van der Waals surface area contributed by atoms with Gasteiger partial charge in [-0.3, -0.25) is 9.59 Å². The number of aromatic nitrogens is 1. The summed E-state index contributed by atoms with van der Waals surface area (Å²) in [4.78, 5) is 35.0. The van der Waals surface area contributed by atoms with Gasteiger partial charge in [-0.25, -0.2) is 9.37 Å². The van der Waals surface area contributed by atoms with Crippen molar-refractivity contribution in [1.29, 1.82) is 0 Å². The van der Waals surface area contributed by atoms with Crippen LogP contribution in [0.2, 0.25) is 0 Å². The summed E-state index contributed by atoms with van der Waals surface area (Å²) in [5, 5.41) is 11.4. The van der Waals surface area contributed by atoms with Crippen molar-refractivity contribution in [2.75, 3.05) is 55.2 Å². The van der Waals surface area contributed by atoms with E-state index in [1.54, 1.807) is 6.07 Å². The van der Waals surface area contributed by atoms with E-state index in [9.17, 15) is 14.0 Å². The summed E-state index contributed by atoms with van der Waals surface area (Å²) in [7, 11) is 0. The maximum absolute atomic E-state index is 13.9. The molecule has 3 aromatic carbocycles. The molecule has 0 atom stereocenters. The first kappa shape index (κ1) is 29.0. The molecule has 43 heavy (non-hydrogen) atoms. The number of benzene rings is 3. The number of pyridine rings is 1. The number of likely N-dealkylation sites (tertiary alicyclic amines) is 2. The predicted octanol–water partition coefficient (Wildman–Crippen LogP) is 5.99. The number of amides is 2. The van der Waals surface area contributed by atoms with Crippen molar-refractivity contribution in [2.45, 2.75) is 45.1 Å². The Hall–Kier alpha value is -4.08. The molecule has 2 aliphatic heterocycles. The molecule has 0 spiro atoms. The predicted molar refractivity (Wildman–Crippen MR) is 171 cm³/mol. The molecule has 2 saturated heterocycles. The average Bonchev–Trinajstić information content (AvgIpc) is 3.72. The van der Waals surface area contributed by atoms with Gasteiger partial charge in [-0.05, 0) is 106 Å². The molecule has 8 nitrogen and oxygen atoms in total. The van der Waals surface area contributed by atoms with Gasteiger partial charge in [0.1, 0.15) is 5.82 Å². The fourth-order valence-electron chi connectivity index (χ4n) is 6.11. The minimum absolute atomic E-state index is 0.0181. The van der Waals surface area contributed by atoms with E-state index < -0.39 is 0 Å². The largest absolute Gasteiger partial charge is 0.380 e. The summed E-state index contributed by atoms with van der Waals surface area (Å²) in [6.45, 7) is 6.21. The fraction of sp³-hybridized carbons (Fsp3) is 0.382. The molecule has 224 valence electrons. The van der Waals surface area contributed by atoms with Crippen LogP contribution in [0.25, 0.3) is 21.8 Å². The Labute approximate surface area is 251 Å². The summed E-state index contributed by atoms with van der Waals surface area (Å²) in [5.74, 6) is -0.315. The molecule has 3 heterocycles. The Morgan fingerprint density at radius 2 is 1.26 bits per heavy atom. The van der Waals surface area contributed by atoms with Gasteiger partial charge in [0.05, 0.1) is 16.7 Å². The van der Waals surface area contributed by atoms with Crippen LogP contribution in [-0.4, -0.2) is 65.9 Å². The summed E-state index contributed by atoms with van der Waals surface area (Å²) >= 11 is 0. The standard InChI is InChI=1S/C34H39FN6O2/c35-25-7-5-6-24(20-25)23-36-34-28-10-8-26(37-32(42)12-18-40-14-1-2-15-40)21-30(28)39-31-22-27(9-11-29(31)34)38-33(43)13-19-41-16-3-4-17-41/h5-11,20-22H,1-4,12-19,23H2,(H,36,39)(H,37,42)(H,38,43). The van der Waals surface area contributed by atoms with Gasteiger partial charge in [-0.15, -0.1) is 0 Å². The van der Waals surface area contributed by atoms with Gasteiger partial charge in [0, 0.05) is 54.6 Å². The van der Waals surface area contributed by atoms with E-state index in [1.807, 2.05) is 42.5 Å². The highest BCUT2D eigenvalue weighted by Gasteiger charge is 2.16. The van der Waals surface area contributed by atoms with Gasteiger partial charge in [0.25, 0.3) is 0 Å². The van der Waals surface area contributed by atoms with Crippen molar-refractivity contribution in [3.63, 3.8) is 0 Å². The molecule has 2 aliphatic rings. The molecule has 0 bridgehead atoms. The van der Waals surface area contributed by atoms with Crippen molar-refractivity contribution < 1.29 is 14.0 Å². The fourth-order valence-corrected chi connectivity index (χ4v) is 6.11. The number of halogens is 1. The number of nitrogens with one attached hydrogen (secondary N) is 3. The first-order chi connectivity index (χ1) is 21.0. The maximum atomic E-state index is 13.9. The van der Waals surface area contributed by atoms with E-state index in [0.717, 1.165) is 61.3 Å². The van der Waals surface area contributed by atoms with Crippen LogP contribution in [0.5, 0.6) is 0 Å². The number of carbonyl (C=O) groups is 2. The minimum Gasteiger partial charge on any atom is -0.380 e. The summed E-state index contributed by atoms with van der Waals surface area (Å²) in [5.41, 5.74) is 4.49. The van der Waals surface area contributed by atoms with Crippen molar-refractivity contribution in [3.8, 4) is 0 Å². The Morgan fingerprint density at radius 1 is 0.721 bits per heavy atom. The Morgan fingerprint density at radius 3 is 1.77 bits per heavy atom. The second-order valence-electron chi connectivity index (χ2n) is 11.6. The van der Waals surface area contributed by atoms with E-state index in [-0.39, 0.29) is 17.6 Å². The monoisotopic (exact) mass is 582 g/mol. The van der Waals surface area contributed by atoms with Gasteiger partial charge in [0.15, 0.2) is 0 Å². The van der Waals surface area contributed by atoms with Crippen molar-refractivity contribution in [2.24, 2.45) is 0 Å². The lowest BCUT2D eigenvalue weighted by atomic mass is 10.1. The van der Waals surface area contributed by atoms with Gasteiger partial charge < -0.3 is 25.8 Å². The van der Waals surface area contributed by atoms with Crippen LogP contribution in [0.4, 0.5) is 21.5 Å². The quantitative estimate of drug-likeness (QED) is 0.188. The van der Waals surface area contributed by atoms with Crippen LogP contribution >= 0.6 is 0 Å². The number of anilines is 3. The van der Waals surface area contributed by atoms with Gasteiger partial charge >= 0.3 is 0 Å². The third-order valence-corrected chi connectivity index (χ3v) is 8.41. The number of carbonyl (C=O) groups excluding carboxylic acids is 2. The third kappa shape index (κ3) is 7.47. The smallest absolute Gasteiger partial charge is 0.225 e. The molecular formula is C34H39FN6O2. The van der Waals surface area contributed by atoms with Crippen LogP contribution in [0.15, 0.2) is 60.7 Å². The van der Waals surface area contributed by atoms with Crippen molar-refractivity contribution >= 4 is 50.7 Å². The second-order valence-corrected chi connectivity index (χ2v) is 11.6. The summed E-state index contributed by atoms with van der Waals surface area (Å²) in [6, 6.07) is 18.0. The number of rotatable bonds is 11. The summed E-state index contributed by atoms with van der Waals surface area (Å²) in [6.07, 6.45) is 5.70. The first-order valence-corrected chi connectivity index (χ1v) is 15.4. The molecule has 0 saturated carbocycles. The van der Waals surface area contributed by atoms with E-state index in [0.29, 0.717) is 41.8 Å². The lowest BCUT2D eigenvalue weighted by molar-refractivity contribution is -0.117. The maximum Gasteiger partial charge on any atom is 0.225 e. The molecule has 0 unspecified atom stereocenters. The molecule has 6 rings (SSSR count). The normalized spacial score (nSPS) is 15.7. The van der Waals surface area contributed by atoms with Crippen molar-refractivity contribution in [1.82, 2.24) is 14.8 Å². The van der Waals surface area contributed by atoms with Gasteiger partial charge in [0.2, 0.25) is 11.8 Å².